The molecule has 108 valence electrons. The zero-order valence-electron chi connectivity index (χ0n) is 11.3. The molecule has 5 nitrogen and oxygen atoms in total. The summed E-state index contributed by atoms with van der Waals surface area (Å²) < 4.78 is 32.7. The van der Waals surface area contributed by atoms with E-state index in [1.807, 2.05) is 24.3 Å². The predicted molar refractivity (Wildman–Crippen MR) is 83.3 cm³/mol. The molecule has 0 aliphatic heterocycles. The number of nitrogens with zero attached hydrogens (tertiary/aromatic N) is 2. The second-order valence-electron chi connectivity index (χ2n) is 5.28. The minimum Gasteiger partial charge on any atom is -0.361 e. The van der Waals surface area contributed by atoms with Crippen LogP contribution < -0.4 is 5.22 Å². The molecule has 3 aromatic rings. The average Bonchev–Trinajstić information content (AvgIpc) is 2.51. The van der Waals surface area contributed by atoms with Crippen LogP contribution in [0.15, 0.2) is 41.3 Å². The SMILES string of the molecule is [N-]=[N+]=C1CC=c2ccc3c(S(=O)(=O)O)ccc4ccc1c2c43. The van der Waals surface area contributed by atoms with Gasteiger partial charge in [-0.3, -0.25) is 4.55 Å². The van der Waals surface area contributed by atoms with E-state index < -0.39 is 10.1 Å². The summed E-state index contributed by atoms with van der Waals surface area (Å²) >= 11 is 0. The highest BCUT2D eigenvalue weighted by atomic mass is 32.2. The Hall–Kier alpha value is -2.53. The van der Waals surface area contributed by atoms with Crippen LogP contribution in [0.1, 0.15) is 12.0 Å². The van der Waals surface area contributed by atoms with E-state index in [1.165, 1.54) is 6.07 Å². The van der Waals surface area contributed by atoms with Crippen molar-refractivity contribution in [2.45, 2.75) is 11.3 Å². The summed E-state index contributed by atoms with van der Waals surface area (Å²) in [5, 5.41) is 3.90. The normalized spacial score (nSPS) is 14.1. The summed E-state index contributed by atoms with van der Waals surface area (Å²) in [5.74, 6) is 0. The first-order chi connectivity index (χ1) is 10.5. The molecule has 0 spiro atoms. The van der Waals surface area contributed by atoms with Crippen LogP contribution in [0.5, 0.6) is 0 Å². The van der Waals surface area contributed by atoms with Gasteiger partial charge in [-0.2, -0.15) is 13.2 Å². The monoisotopic (exact) mass is 310 g/mol. The van der Waals surface area contributed by atoms with Crippen molar-refractivity contribution in [3.63, 3.8) is 0 Å². The van der Waals surface area contributed by atoms with Crippen LogP contribution in [0.25, 0.3) is 33.2 Å². The number of hydrogen-bond donors (Lipinski definition) is 1. The molecule has 0 bridgehead atoms. The molecule has 0 heterocycles. The lowest BCUT2D eigenvalue weighted by Gasteiger charge is -2.14. The van der Waals surface area contributed by atoms with Gasteiger partial charge in [0.05, 0.1) is 12.0 Å². The van der Waals surface area contributed by atoms with Crippen molar-refractivity contribution in [2.24, 2.45) is 0 Å². The summed E-state index contributed by atoms with van der Waals surface area (Å²) in [7, 11) is -4.31. The van der Waals surface area contributed by atoms with Crippen molar-refractivity contribution < 1.29 is 17.8 Å². The molecule has 0 fully saturated rings. The van der Waals surface area contributed by atoms with Gasteiger partial charge in [-0.25, -0.2) is 0 Å². The molecule has 0 amide bonds. The third kappa shape index (κ3) is 1.66. The van der Waals surface area contributed by atoms with Crippen molar-refractivity contribution in [3.8, 4) is 0 Å². The second-order valence-corrected chi connectivity index (χ2v) is 6.67. The maximum atomic E-state index is 11.6. The average molecular weight is 310 g/mol. The standard InChI is InChI=1S/C16H10N2O3S/c17-18-13-7-3-9-2-6-12-14(22(19,20)21)8-4-10-1-5-11(13)15(9)16(10)12/h1-6,8H,7H2,(H,19,20,21). The van der Waals surface area contributed by atoms with E-state index >= 15 is 0 Å². The molecule has 22 heavy (non-hydrogen) atoms. The third-order valence-corrected chi connectivity index (χ3v) is 5.04. The maximum absolute atomic E-state index is 11.6. The van der Waals surface area contributed by atoms with Crippen molar-refractivity contribution in [2.75, 3.05) is 0 Å². The smallest absolute Gasteiger partial charge is 0.303 e. The molecule has 1 N–H and O–H groups in total. The Balaban J connectivity index is 2.35. The lowest BCUT2D eigenvalue weighted by Crippen LogP contribution is -2.16. The van der Waals surface area contributed by atoms with E-state index in [-0.39, 0.29) is 4.90 Å². The van der Waals surface area contributed by atoms with Gasteiger partial charge in [-0.15, -0.1) is 0 Å². The number of hydrogen-bond acceptors (Lipinski definition) is 2. The molecule has 6 heteroatoms. The summed E-state index contributed by atoms with van der Waals surface area (Å²) in [6, 6.07) is 10.3. The zero-order valence-corrected chi connectivity index (χ0v) is 12.1. The lowest BCUT2D eigenvalue weighted by molar-refractivity contribution is -0.00564. The van der Waals surface area contributed by atoms with E-state index in [0.717, 1.165) is 26.9 Å². The molecule has 0 saturated carbocycles. The molecular weight excluding hydrogens is 300 g/mol. The van der Waals surface area contributed by atoms with E-state index in [2.05, 4.69) is 4.79 Å². The van der Waals surface area contributed by atoms with Crippen molar-refractivity contribution in [1.82, 2.24) is 0 Å². The van der Waals surface area contributed by atoms with Gasteiger partial charge >= 0.3 is 5.71 Å². The fourth-order valence-corrected chi connectivity index (χ4v) is 3.88. The first-order valence-electron chi connectivity index (χ1n) is 6.68. The highest BCUT2D eigenvalue weighted by Crippen LogP contribution is 2.33. The fraction of sp³-hybridized carbons (Fsp3) is 0.0625. The predicted octanol–water partition coefficient (Wildman–Crippen LogP) is 2.16. The summed E-state index contributed by atoms with van der Waals surface area (Å²) in [6.45, 7) is 0. The van der Waals surface area contributed by atoms with Crippen molar-refractivity contribution >= 4 is 43.5 Å². The quantitative estimate of drug-likeness (QED) is 0.424. The molecule has 0 atom stereocenters. The third-order valence-electron chi connectivity index (χ3n) is 4.13. The number of rotatable bonds is 1. The molecule has 0 unspecified atom stereocenters. The van der Waals surface area contributed by atoms with E-state index in [9.17, 15) is 18.5 Å². The van der Waals surface area contributed by atoms with Gasteiger partial charge in [-0.05, 0) is 28.1 Å². The van der Waals surface area contributed by atoms with Gasteiger partial charge in [0.15, 0.2) is 0 Å². The van der Waals surface area contributed by atoms with Crippen LogP contribution in [0.2, 0.25) is 0 Å². The van der Waals surface area contributed by atoms with Crippen LogP contribution in [-0.2, 0) is 10.1 Å². The Morgan fingerprint density at radius 1 is 1.05 bits per heavy atom. The van der Waals surface area contributed by atoms with Crippen LogP contribution in [0.4, 0.5) is 0 Å². The van der Waals surface area contributed by atoms with Crippen LogP contribution in [0.3, 0.4) is 0 Å². The topological polar surface area (TPSA) is 90.8 Å². The van der Waals surface area contributed by atoms with E-state index in [4.69, 9.17) is 0 Å². The van der Waals surface area contributed by atoms with Crippen molar-refractivity contribution in [3.05, 3.63) is 52.7 Å². The van der Waals surface area contributed by atoms with Gasteiger partial charge in [0.25, 0.3) is 10.1 Å². The molecule has 0 saturated heterocycles. The van der Waals surface area contributed by atoms with Gasteiger partial charge < -0.3 is 5.53 Å². The van der Waals surface area contributed by atoms with Gasteiger partial charge in [0, 0.05) is 10.8 Å². The number of benzene rings is 3. The second kappa shape index (κ2) is 4.24. The Bertz CT molecular complexity index is 1170. The molecule has 0 radical (unpaired) electrons. The first kappa shape index (κ1) is 13.2. The Morgan fingerprint density at radius 2 is 1.82 bits per heavy atom. The Labute approximate surface area is 125 Å². The zero-order chi connectivity index (χ0) is 15.5. The summed E-state index contributed by atoms with van der Waals surface area (Å²) in [6.07, 6.45) is 2.46. The van der Waals surface area contributed by atoms with Crippen molar-refractivity contribution in [1.29, 1.82) is 0 Å². The molecule has 1 aliphatic carbocycles. The van der Waals surface area contributed by atoms with Gasteiger partial charge in [0.1, 0.15) is 4.90 Å². The van der Waals surface area contributed by atoms with Crippen LogP contribution in [-0.4, -0.2) is 23.5 Å². The molecular formula is C16H10N2O3S. The summed E-state index contributed by atoms with van der Waals surface area (Å²) in [5.41, 5.74) is 10.5. The minimum atomic E-state index is -4.31. The summed E-state index contributed by atoms with van der Waals surface area (Å²) in [4.78, 5) is 3.22. The lowest BCUT2D eigenvalue weighted by atomic mass is 9.89. The highest BCUT2D eigenvalue weighted by Gasteiger charge is 2.23. The Morgan fingerprint density at radius 3 is 2.55 bits per heavy atom. The molecule has 1 aliphatic rings. The Kier molecular flexibility index (Phi) is 2.53. The molecule has 4 rings (SSSR count). The van der Waals surface area contributed by atoms with E-state index in [0.29, 0.717) is 17.5 Å². The van der Waals surface area contributed by atoms with Gasteiger partial charge in [-0.1, -0.05) is 30.3 Å². The van der Waals surface area contributed by atoms with Crippen LogP contribution in [0, 0.1) is 0 Å². The largest absolute Gasteiger partial charge is 0.361 e. The maximum Gasteiger partial charge on any atom is 0.303 e. The van der Waals surface area contributed by atoms with Gasteiger partial charge in [0.2, 0.25) is 0 Å². The van der Waals surface area contributed by atoms with E-state index in [1.54, 1.807) is 12.1 Å². The molecule has 0 aromatic heterocycles. The highest BCUT2D eigenvalue weighted by molar-refractivity contribution is 7.86. The fourth-order valence-electron chi connectivity index (χ4n) is 3.19. The minimum absolute atomic E-state index is 0.114. The van der Waals surface area contributed by atoms with Crippen LogP contribution >= 0.6 is 0 Å². The molecule has 3 aromatic carbocycles. The first-order valence-corrected chi connectivity index (χ1v) is 8.12.